The number of ether oxygens (including phenoxy) is 2. The first kappa shape index (κ1) is 21.6. The van der Waals surface area contributed by atoms with Crippen molar-refractivity contribution < 1.29 is 19.1 Å². The van der Waals surface area contributed by atoms with Crippen LogP contribution in [0.15, 0.2) is 59.2 Å². The largest absolute Gasteiger partial charge is 0.494 e. The highest BCUT2D eigenvalue weighted by Gasteiger charge is 2.32. The highest BCUT2D eigenvalue weighted by molar-refractivity contribution is 8.14. The van der Waals surface area contributed by atoms with Crippen LogP contribution >= 0.6 is 11.8 Å². The van der Waals surface area contributed by atoms with Gasteiger partial charge >= 0.3 is 5.97 Å². The molecule has 0 saturated carbocycles. The third-order valence-electron chi connectivity index (χ3n) is 4.24. The Labute approximate surface area is 180 Å². The normalized spacial score (nSPS) is 14.8. The molecular weight excluding hydrogens is 400 g/mol. The number of amides is 1. The van der Waals surface area contributed by atoms with Crippen LogP contribution < -0.4 is 9.64 Å². The summed E-state index contributed by atoms with van der Waals surface area (Å²) in [6.45, 7) is 6.55. The zero-order valence-corrected chi connectivity index (χ0v) is 18.1. The highest BCUT2D eigenvalue weighted by atomic mass is 32.2. The maximum Gasteiger partial charge on any atom is 0.316 e. The predicted octanol–water partition coefficient (Wildman–Crippen LogP) is 4.43. The van der Waals surface area contributed by atoms with E-state index in [1.54, 1.807) is 37.3 Å². The first-order valence-corrected chi connectivity index (χ1v) is 10.7. The second kappa shape index (κ2) is 10.1. The van der Waals surface area contributed by atoms with Gasteiger partial charge in [-0.25, -0.2) is 4.99 Å². The SMILES string of the molecule is CCOC(=O)CSC1=NC(=Cc2ccc(C)cc2)C(=O)N1c1ccc(OCC)cc1. The zero-order chi connectivity index (χ0) is 21.5. The lowest BCUT2D eigenvalue weighted by atomic mass is 10.1. The van der Waals surface area contributed by atoms with E-state index in [1.807, 2.05) is 38.1 Å². The molecule has 1 aliphatic heterocycles. The second-order valence-electron chi connectivity index (χ2n) is 6.50. The van der Waals surface area contributed by atoms with E-state index in [1.165, 1.54) is 16.7 Å². The van der Waals surface area contributed by atoms with Gasteiger partial charge < -0.3 is 9.47 Å². The lowest BCUT2D eigenvalue weighted by Crippen LogP contribution is -2.30. The summed E-state index contributed by atoms with van der Waals surface area (Å²) in [5.41, 5.74) is 3.00. The topological polar surface area (TPSA) is 68.2 Å². The molecule has 30 heavy (non-hydrogen) atoms. The summed E-state index contributed by atoms with van der Waals surface area (Å²) in [4.78, 5) is 31.0. The summed E-state index contributed by atoms with van der Waals surface area (Å²) in [6, 6.07) is 15.1. The molecule has 0 fully saturated rings. The molecule has 1 heterocycles. The van der Waals surface area contributed by atoms with E-state index in [0.717, 1.165) is 16.9 Å². The van der Waals surface area contributed by atoms with Crippen LogP contribution in [0, 0.1) is 6.92 Å². The van der Waals surface area contributed by atoms with Crippen LogP contribution in [0.1, 0.15) is 25.0 Å². The number of nitrogens with zero attached hydrogens (tertiary/aromatic N) is 2. The van der Waals surface area contributed by atoms with Gasteiger partial charge in [0.25, 0.3) is 5.91 Å². The molecule has 0 radical (unpaired) electrons. The average Bonchev–Trinajstić information content (AvgIpc) is 3.04. The molecule has 0 saturated heterocycles. The quantitative estimate of drug-likeness (QED) is 0.486. The maximum absolute atomic E-state index is 13.2. The molecule has 0 atom stereocenters. The number of rotatable bonds is 7. The Morgan fingerprint density at radius 1 is 1.07 bits per heavy atom. The van der Waals surface area contributed by atoms with Crippen molar-refractivity contribution in [1.29, 1.82) is 0 Å². The Balaban J connectivity index is 1.90. The molecule has 2 aromatic carbocycles. The molecule has 0 unspecified atom stereocenters. The van der Waals surface area contributed by atoms with E-state index >= 15 is 0 Å². The van der Waals surface area contributed by atoms with Crippen LogP contribution in [0.3, 0.4) is 0 Å². The number of anilines is 1. The van der Waals surface area contributed by atoms with Crippen LogP contribution in [0.2, 0.25) is 0 Å². The van der Waals surface area contributed by atoms with Crippen LogP contribution in [-0.4, -0.2) is 36.0 Å². The molecule has 1 amide bonds. The van der Waals surface area contributed by atoms with Gasteiger partial charge in [-0.2, -0.15) is 0 Å². The monoisotopic (exact) mass is 424 g/mol. The number of aliphatic imine (C=N–C) groups is 1. The first-order chi connectivity index (χ1) is 14.5. The maximum atomic E-state index is 13.2. The van der Waals surface area contributed by atoms with Gasteiger partial charge in [0.15, 0.2) is 5.17 Å². The molecular formula is C23H24N2O4S. The van der Waals surface area contributed by atoms with Gasteiger partial charge in [-0.05, 0) is 56.7 Å². The minimum atomic E-state index is -0.347. The minimum absolute atomic E-state index is 0.0747. The van der Waals surface area contributed by atoms with Crippen LogP contribution in [0.25, 0.3) is 6.08 Å². The van der Waals surface area contributed by atoms with Crippen molar-refractivity contribution in [2.75, 3.05) is 23.9 Å². The number of hydrogen-bond donors (Lipinski definition) is 0. The number of amidine groups is 1. The average molecular weight is 425 g/mol. The van der Waals surface area contributed by atoms with Crippen molar-refractivity contribution in [2.45, 2.75) is 20.8 Å². The van der Waals surface area contributed by atoms with Gasteiger partial charge in [-0.15, -0.1) is 0 Å². The summed E-state index contributed by atoms with van der Waals surface area (Å²) in [6.07, 6.45) is 1.75. The third kappa shape index (κ3) is 5.30. The van der Waals surface area contributed by atoms with Crippen LogP contribution in [0.5, 0.6) is 5.75 Å². The first-order valence-electron chi connectivity index (χ1n) is 9.74. The number of esters is 1. The van der Waals surface area contributed by atoms with Crippen molar-refractivity contribution in [3.05, 3.63) is 65.4 Å². The third-order valence-corrected chi connectivity index (χ3v) is 5.15. The fraction of sp³-hybridized carbons (Fsp3) is 0.261. The van der Waals surface area contributed by atoms with Crippen molar-refractivity contribution in [3.63, 3.8) is 0 Å². The van der Waals surface area contributed by atoms with E-state index in [2.05, 4.69) is 4.99 Å². The summed E-state index contributed by atoms with van der Waals surface area (Å²) in [5.74, 6) is 0.206. The smallest absolute Gasteiger partial charge is 0.316 e. The molecule has 156 valence electrons. The highest BCUT2D eigenvalue weighted by Crippen LogP contribution is 2.30. The number of hydrogen-bond acceptors (Lipinski definition) is 6. The minimum Gasteiger partial charge on any atom is -0.494 e. The van der Waals surface area contributed by atoms with Gasteiger partial charge in [0, 0.05) is 0 Å². The van der Waals surface area contributed by atoms with Crippen LogP contribution in [0.4, 0.5) is 5.69 Å². The van der Waals surface area contributed by atoms with Crippen molar-refractivity contribution in [3.8, 4) is 5.75 Å². The predicted molar refractivity (Wildman–Crippen MR) is 121 cm³/mol. The van der Waals surface area contributed by atoms with E-state index in [0.29, 0.717) is 29.8 Å². The molecule has 0 spiro atoms. The van der Waals surface area contributed by atoms with E-state index in [9.17, 15) is 9.59 Å². The van der Waals surface area contributed by atoms with E-state index in [4.69, 9.17) is 9.47 Å². The van der Waals surface area contributed by atoms with Gasteiger partial charge in [-0.3, -0.25) is 14.5 Å². The van der Waals surface area contributed by atoms with Gasteiger partial charge in [-0.1, -0.05) is 41.6 Å². The number of carbonyl (C=O) groups excluding carboxylic acids is 2. The summed E-state index contributed by atoms with van der Waals surface area (Å²) < 4.78 is 10.5. The fourth-order valence-corrected chi connectivity index (χ4v) is 3.64. The van der Waals surface area contributed by atoms with Crippen molar-refractivity contribution in [1.82, 2.24) is 0 Å². The molecule has 0 aromatic heterocycles. The van der Waals surface area contributed by atoms with Crippen LogP contribution in [-0.2, 0) is 14.3 Å². The molecule has 1 aliphatic rings. The molecule has 0 bridgehead atoms. The van der Waals surface area contributed by atoms with E-state index < -0.39 is 0 Å². The van der Waals surface area contributed by atoms with E-state index in [-0.39, 0.29) is 17.6 Å². The number of benzene rings is 2. The number of aryl methyl sites for hydroxylation is 1. The summed E-state index contributed by atoms with van der Waals surface area (Å²) in [5, 5.41) is 0.440. The lowest BCUT2D eigenvalue weighted by Gasteiger charge is -2.18. The zero-order valence-electron chi connectivity index (χ0n) is 17.3. The fourth-order valence-electron chi connectivity index (χ4n) is 2.83. The second-order valence-corrected chi connectivity index (χ2v) is 7.44. The Morgan fingerprint density at radius 2 is 1.77 bits per heavy atom. The van der Waals surface area contributed by atoms with Gasteiger partial charge in [0.1, 0.15) is 11.4 Å². The summed E-state index contributed by atoms with van der Waals surface area (Å²) >= 11 is 1.18. The Bertz CT molecular complexity index is 966. The molecule has 2 aromatic rings. The Kier molecular flexibility index (Phi) is 7.30. The molecule has 0 N–H and O–H groups in total. The molecule has 6 nitrogen and oxygen atoms in total. The summed E-state index contributed by atoms with van der Waals surface area (Å²) in [7, 11) is 0. The standard InChI is InChI=1S/C23H24N2O4S/c1-4-28-19-12-10-18(11-13-19)25-22(27)20(14-17-8-6-16(3)7-9-17)24-23(25)30-15-21(26)29-5-2/h6-14H,4-5,15H2,1-3H3. The van der Waals surface area contributed by atoms with Gasteiger partial charge in [0.2, 0.25) is 0 Å². The molecule has 3 rings (SSSR count). The molecule has 7 heteroatoms. The Hall–Kier alpha value is -3.06. The van der Waals surface area contributed by atoms with Crippen molar-refractivity contribution >= 4 is 40.6 Å². The lowest BCUT2D eigenvalue weighted by molar-refractivity contribution is -0.139. The van der Waals surface area contributed by atoms with Gasteiger partial charge in [0.05, 0.1) is 24.7 Å². The number of carbonyl (C=O) groups is 2. The molecule has 0 aliphatic carbocycles. The number of thioether (sulfide) groups is 1. The Morgan fingerprint density at radius 3 is 2.40 bits per heavy atom. The van der Waals surface area contributed by atoms with Crippen molar-refractivity contribution in [2.24, 2.45) is 4.99 Å².